The van der Waals surface area contributed by atoms with E-state index in [1.165, 1.54) is 5.56 Å². The number of nitrogens with one attached hydrogen (secondary N) is 1. The van der Waals surface area contributed by atoms with Gasteiger partial charge in [-0.25, -0.2) is 4.98 Å². The summed E-state index contributed by atoms with van der Waals surface area (Å²) < 4.78 is 0.977. The van der Waals surface area contributed by atoms with Crippen molar-refractivity contribution in [2.45, 2.75) is 16.5 Å². The van der Waals surface area contributed by atoms with Crippen molar-refractivity contribution in [1.82, 2.24) is 10.3 Å². The van der Waals surface area contributed by atoms with E-state index in [0.717, 1.165) is 26.0 Å². The molecule has 0 amide bonds. The first-order valence-electron chi connectivity index (χ1n) is 5.42. The highest BCUT2D eigenvalue weighted by Gasteiger charge is 2.11. The Morgan fingerprint density at radius 2 is 2.17 bits per heavy atom. The molecule has 1 aromatic carbocycles. The molecule has 0 aliphatic rings. The third kappa shape index (κ3) is 3.26. The zero-order chi connectivity index (χ0) is 13.0. The summed E-state index contributed by atoms with van der Waals surface area (Å²) in [5, 5.41) is 4.82. The lowest BCUT2D eigenvalue weighted by atomic mass is 10.2. The lowest BCUT2D eigenvalue weighted by molar-refractivity contribution is 0.803. The van der Waals surface area contributed by atoms with Gasteiger partial charge in [0.05, 0.1) is 9.50 Å². The summed E-state index contributed by atoms with van der Waals surface area (Å²) in [4.78, 5) is 5.40. The van der Waals surface area contributed by atoms with E-state index in [2.05, 4.69) is 32.3 Å². The topological polar surface area (TPSA) is 24.9 Å². The van der Waals surface area contributed by atoms with E-state index in [0.29, 0.717) is 0 Å². The van der Waals surface area contributed by atoms with Gasteiger partial charge < -0.3 is 5.32 Å². The standard InChI is InChI=1S/C13H12BrClN2S/c1-16-8-9-4-2-6-11(15)12(9)18-13-10(14)5-3-7-17-13/h2-7,16H,8H2,1H3. The Kier molecular flexibility index (Phi) is 5.06. The molecule has 1 aromatic heterocycles. The fourth-order valence-electron chi connectivity index (χ4n) is 1.54. The van der Waals surface area contributed by atoms with Gasteiger partial charge in [-0.15, -0.1) is 0 Å². The molecule has 0 aliphatic carbocycles. The Hall–Kier alpha value is -0.550. The second-order valence-electron chi connectivity index (χ2n) is 3.65. The van der Waals surface area contributed by atoms with E-state index in [-0.39, 0.29) is 0 Å². The average Bonchev–Trinajstić information content (AvgIpc) is 2.36. The van der Waals surface area contributed by atoms with Crippen LogP contribution in [0.2, 0.25) is 5.02 Å². The van der Waals surface area contributed by atoms with Crippen LogP contribution in [0.1, 0.15) is 5.56 Å². The molecule has 1 N–H and O–H groups in total. The molecule has 0 radical (unpaired) electrons. The normalized spacial score (nSPS) is 10.6. The minimum absolute atomic E-state index is 0.755. The van der Waals surface area contributed by atoms with Gasteiger partial charge >= 0.3 is 0 Å². The van der Waals surface area contributed by atoms with E-state index in [4.69, 9.17) is 11.6 Å². The van der Waals surface area contributed by atoms with E-state index in [1.807, 2.05) is 31.3 Å². The molecule has 0 bridgehead atoms. The Labute approximate surface area is 124 Å². The average molecular weight is 344 g/mol. The van der Waals surface area contributed by atoms with E-state index in [9.17, 15) is 0 Å². The maximum Gasteiger partial charge on any atom is 0.115 e. The highest BCUT2D eigenvalue weighted by atomic mass is 79.9. The summed E-state index contributed by atoms with van der Waals surface area (Å²) in [5.74, 6) is 0. The Morgan fingerprint density at radius 1 is 1.33 bits per heavy atom. The molecule has 94 valence electrons. The second kappa shape index (κ2) is 6.57. The predicted molar refractivity (Wildman–Crippen MR) is 80.3 cm³/mol. The smallest absolute Gasteiger partial charge is 0.115 e. The maximum absolute atomic E-state index is 6.28. The Morgan fingerprint density at radius 3 is 2.89 bits per heavy atom. The minimum atomic E-state index is 0.755. The summed E-state index contributed by atoms with van der Waals surface area (Å²) >= 11 is 11.4. The van der Waals surface area contributed by atoms with Gasteiger partial charge in [-0.1, -0.05) is 35.5 Å². The summed E-state index contributed by atoms with van der Waals surface area (Å²) in [6, 6.07) is 9.81. The van der Waals surface area contributed by atoms with Crippen LogP contribution in [0.3, 0.4) is 0 Å². The number of hydrogen-bond acceptors (Lipinski definition) is 3. The molecule has 2 aromatic rings. The highest BCUT2D eigenvalue weighted by Crippen LogP contribution is 2.37. The SMILES string of the molecule is CNCc1cccc(Cl)c1Sc1ncccc1Br. The monoisotopic (exact) mass is 342 g/mol. The van der Waals surface area contributed by atoms with Crippen molar-refractivity contribution >= 4 is 39.3 Å². The first kappa shape index (κ1) is 13.9. The lowest BCUT2D eigenvalue weighted by Crippen LogP contribution is -2.06. The molecule has 5 heteroatoms. The molecule has 1 heterocycles. The first-order chi connectivity index (χ1) is 8.72. The van der Waals surface area contributed by atoms with Gasteiger partial charge in [0.15, 0.2) is 0 Å². The van der Waals surface area contributed by atoms with Gasteiger partial charge in [-0.2, -0.15) is 0 Å². The van der Waals surface area contributed by atoms with E-state index >= 15 is 0 Å². The van der Waals surface area contributed by atoms with Gasteiger partial charge in [0.2, 0.25) is 0 Å². The van der Waals surface area contributed by atoms with Crippen molar-refractivity contribution in [2.75, 3.05) is 7.05 Å². The molecular formula is C13H12BrClN2S. The largest absolute Gasteiger partial charge is 0.316 e. The van der Waals surface area contributed by atoms with Crippen molar-refractivity contribution in [2.24, 2.45) is 0 Å². The van der Waals surface area contributed by atoms with Crippen molar-refractivity contribution in [3.63, 3.8) is 0 Å². The number of halogens is 2. The fourth-order valence-corrected chi connectivity index (χ4v) is 3.26. The molecule has 18 heavy (non-hydrogen) atoms. The predicted octanol–water partition coefficient (Wildman–Crippen LogP) is 4.37. The summed E-state index contributed by atoms with van der Waals surface area (Å²) in [6.45, 7) is 0.785. The van der Waals surface area contributed by atoms with Crippen LogP contribution in [0.15, 0.2) is 50.9 Å². The third-order valence-electron chi connectivity index (χ3n) is 2.34. The van der Waals surface area contributed by atoms with Gasteiger partial charge in [0.25, 0.3) is 0 Å². The number of benzene rings is 1. The fraction of sp³-hybridized carbons (Fsp3) is 0.154. The maximum atomic E-state index is 6.28. The van der Waals surface area contributed by atoms with Crippen LogP contribution in [-0.2, 0) is 6.54 Å². The highest BCUT2D eigenvalue weighted by molar-refractivity contribution is 9.10. The van der Waals surface area contributed by atoms with Crippen LogP contribution in [-0.4, -0.2) is 12.0 Å². The molecule has 0 aliphatic heterocycles. The van der Waals surface area contributed by atoms with Crippen LogP contribution >= 0.6 is 39.3 Å². The Balaban J connectivity index is 2.36. The van der Waals surface area contributed by atoms with E-state index < -0.39 is 0 Å². The van der Waals surface area contributed by atoms with Gasteiger partial charge in [0.1, 0.15) is 5.03 Å². The van der Waals surface area contributed by atoms with Crippen molar-refractivity contribution in [1.29, 1.82) is 0 Å². The third-order valence-corrected chi connectivity index (χ3v) is 4.87. The summed E-state index contributed by atoms with van der Waals surface area (Å²) in [7, 11) is 1.92. The number of pyridine rings is 1. The number of hydrogen-bond donors (Lipinski definition) is 1. The number of nitrogens with zero attached hydrogens (tertiary/aromatic N) is 1. The molecule has 0 saturated carbocycles. The lowest BCUT2D eigenvalue weighted by Gasteiger charge is -2.11. The summed E-state index contributed by atoms with van der Waals surface area (Å²) in [5.41, 5.74) is 1.17. The van der Waals surface area contributed by atoms with Gasteiger partial charge in [-0.3, -0.25) is 0 Å². The molecule has 2 rings (SSSR count). The van der Waals surface area contributed by atoms with Crippen LogP contribution in [0.5, 0.6) is 0 Å². The van der Waals surface area contributed by atoms with Crippen LogP contribution in [0, 0.1) is 0 Å². The molecule has 0 fully saturated rings. The van der Waals surface area contributed by atoms with Crippen molar-refractivity contribution in [3.05, 3.63) is 51.6 Å². The van der Waals surface area contributed by atoms with Crippen LogP contribution in [0.4, 0.5) is 0 Å². The first-order valence-corrected chi connectivity index (χ1v) is 7.41. The van der Waals surface area contributed by atoms with Crippen molar-refractivity contribution < 1.29 is 0 Å². The number of aromatic nitrogens is 1. The quantitative estimate of drug-likeness (QED) is 0.892. The molecule has 0 unspecified atom stereocenters. The molecular weight excluding hydrogens is 332 g/mol. The van der Waals surface area contributed by atoms with Gasteiger partial charge in [-0.05, 0) is 46.7 Å². The molecule has 0 saturated heterocycles. The number of rotatable bonds is 4. The second-order valence-corrected chi connectivity index (χ2v) is 5.91. The van der Waals surface area contributed by atoms with Crippen molar-refractivity contribution in [3.8, 4) is 0 Å². The summed E-state index contributed by atoms with van der Waals surface area (Å²) in [6.07, 6.45) is 1.78. The molecule has 2 nitrogen and oxygen atoms in total. The zero-order valence-corrected chi connectivity index (χ0v) is 12.9. The van der Waals surface area contributed by atoms with Crippen LogP contribution in [0.25, 0.3) is 0 Å². The minimum Gasteiger partial charge on any atom is -0.316 e. The van der Waals surface area contributed by atoms with Crippen LogP contribution < -0.4 is 5.32 Å². The molecule has 0 spiro atoms. The molecule has 0 atom stereocenters. The zero-order valence-electron chi connectivity index (χ0n) is 9.78. The Bertz CT molecular complexity index is 548. The van der Waals surface area contributed by atoms with E-state index in [1.54, 1.807) is 18.0 Å². The van der Waals surface area contributed by atoms with Gasteiger partial charge in [0, 0.05) is 17.6 Å².